The zero-order valence-corrected chi connectivity index (χ0v) is 14.9. The van der Waals surface area contributed by atoms with Gasteiger partial charge < -0.3 is 4.48 Å². The summed E-state index contributed by atoms with van der Waals surface area (Å²) in [4.78, 5) is 0. The van der Waals surface area contributed by atoms with Crippen LogP contribution in [-0.2, 0) is 0 Å². The molecule has 1 aliphatic rings. The van der Waals surface area contributed by atoms with E-state index in [0.29, 0.717) is 0 Å². The number of quaternary nitrogens is 1. The summed E-state index contributed by atoms with van der Waals surface area (Å²) in [5.41, 5.74) is 0. The fourth-order valence-electron chi connectivity index (χ4n) is 2.64. The highest BCUT2D eigenvalue weighted by atomic mass is 15.3. The molecule has 0 aromatic rings. The van der Waals surface area contributed by atoms with Gasteiger partial charge in [0, 0.05) is 0 Å². The molecule has 0 unspecified atom stereocenters. The summed E-state index contributed by atoms with van der Waals surface area (Å²) in [7, 11) is 0. The van der Waals surface area contributed by atoms with Crippen molar-refractivity contribution in [2.45, 2.75) is 91.9 Å². The maximum atomic E-state index is 2.33. The van der Waals surface area contributed by atoms with E-state index in [9.17, 15) is 0 Å². The molecule has 0 saturated heterocycles. The first-order chi connectivity index (χ1) is 9.74. The molecule has 0 bridgehead atoms. The largest absolute Gasteiger partial charge is 0.324 e. The smallest absolute Gasteiger partial charge is 0.0786 e. The summed E-state index contributed by atoms with van der Waals surface area (Å²) in [5, 5.41) is 0. The van der Waals surface area contributed by atoms with Gasteiger partial charge in [-0.1, -0.05) is 53.4 Å². The Labute approximate surface area is 129 Å². The predicted octanol–water partition coefficient (Wildman–Crippen LogP) is 5.99. The average Bonchev–Trinajstić information content (AvgIpc) is 3.34. The highest BCUT2D eigenvalue weighted by molar-refractivity contribution is 4.79. The van der Waals surface area contributed by atoms with Crippen LogP contribution < -0.4 is 0 Å². The maximum Gasteiger partial charge on any atom is 0.0786 e. The molecule has 0 aliphatic heterocycles. The van der Waals surface area contributed by atoms with Crippen molar-refractivity contribution in [3.05, 3.63) is 6.42 Å². The molecular weight excluding hydrogens is 242 g/mol. The van der Waals surface area contributed by atoms with Gasteiger partial charge in [0.2, 0.25) is 0 Å². The molecule has 0 spiro atoms. The molecule has 1 fully saturated rings. The van der Waals surface area contributed by atoms with Crippen LogP contribution >= 0.6 is 0 Å². The van der Waals surface area contributed by atoms with Crippen LogP contribution in [0.15, 0.2) is 0 Å². The van der Waals surface area contributed by atoms with Crippen molar-refractivity contribution in [2.24, 2.45) is 0 Å². The SMILES string of the molecule is CCCC[N+](CCCC)(CCCC)CCCC.[CH]1CC1. The molecule has 0 aromatic carbocycles. The highest BCUT2D eigenvalue weighted by Gasteiger charge is 2.24. The molecule has 0 N–H and O–H groups in total. The lowest BCUT2D eigenvalue weighted by Crippen LogP contribution is -2.50. The lowest BCUT2D eigenvalue weighted by Gasteiger charge is -2.39. The number of nitrogens with zero attached hydrogens (tertiary/aromatic N) is 1. The standard InChI is InChI=1S/C16H36N.C3H5/c1-5-9-13-17(14-10-6-2,15-11-7-3)16-12-8-4;1-2-3-1/h5-16H2,1-4H3;1H,2-3H2/q+1;. The van der Waals surface area contributed by atoms with Crippen molar-refractivity contribution in [3.8, 4) is 0 Å². The minimum atomic E-state index is 1.35. The lowest BCUT2D eigenvalue weighted by molar-refractivity contribution is -0.929. The fraction of sp³-hybridized carbons (Fsp3) is 0.947. The Morgan fingerprint density at radius 1 is 0.600 bits per heavy atom. The first kappa shape index (κ1) is 20.0. The molecule has 0 amide bonds. The fourth-order valence-corrected chi connectivity index (χ4v) is 2.64. The second kappa shape index (κ2) is 13.9. The number of hydrogen-bond acceptors (Lipinski definition) is 0. The van der Waals surface area contributed by atoms with E-state index >= 15 is 0 Å². The van der Waals surface area contributed by atoms with E-state index in [1.54, 1.807) is 0 Å². The van der Waals surface area contributed by atoms with Gasteiger partial charge in [-0.25, -0.2) is 0 Å². The van der Waals surface area contributed by atoms with Crippen LogP contribution in [0.3, 0.4) is 0 Å². The van der Waals surface area contributed by atoms with Gasteiger partial charge >= 0.3 is 0 Å². The van der Waals surface area contributed by atoms with Gasteiger partial charge in [0.1, 0.15) is 0 Å². The van der Waals surface area contributed by atoms with Crippen molar-refractivity contribution in [1.82, 2.24) is 0 Å². The molecule has 0 atom stereocenters. The second-order valence-corrected chi connectivity index (χ2v) is 6.52. The Morgan fingerprint density at radius 2 is 0.850 bits per heavy atom. The van der Waals surface area contributed by atoms with E-state index in [-0.39, 0.29) is 0 Å². The first-order valence-electron chi connectivity index (χ1n) is 9.41. The molecule has 20 heavy (non-hydrogen) atoms. The summed E-state index contributed by atoms with van der Waals surface area (Å²) in [6.07, 6.45) is 16.1. The molecule has 1 heteroatoms. The zero-order valence-electron chi connectivity index (χ0n) is 14.9. The Kier molecular flexibility index (Phi) is 13.9. The van der Waals surface area contributed by atoms with Gasteiger partial charge in [-0.2, -0.15) is 0 Å². The van der Waals surface area contributed by atoms with Crippen LogP contribution in [0.25, 0.3) is 0 Å². The molecule has 1 aliphatic carbocycles. The topological polar surface area (TPSA) is 0 Å². The van der Waals surface area contributed by atoms with Gasteiger partial charge in [0.05, 0.1) is 26.2 Å². The summed E-state index contributed by atoms with van der Waals surface area (Å²) in [5.74, 6) is 0. The van der Waals surface area contributed by atoms with Crippen molar-refractivity contribution < 1.29 is 4.48 Å². The van der Waals surface area contributed by atoms with Gasteiger partial charge in [-0.05, 0) is 44.9 Å². The third-order valence-corrected chi connectivity index (χ3v) is 4.23. The summed E-state index contributed by atoms with van der Waals surface area (Å²) >= 11 is 0. The zero-order chi connectivity index (χ0) is 15.1. The van der Waals surface area contributed by atoms with E-state index in [0.717, 1.165) is 0 Å². The Morgan fingerprint density at radius 3 is 1.00 bits per heavy atom. The number of hydrogen-bond donors (Lipinski definition) is 0. The monoisotopic (exact) mass is 283 g/mol. The summed E-state index contributed by atoms with van der Waals surface area (Å²) < 4.78 is 1.42. The van der Waals surface area contributed by atoms with Crippen LogP contribution in [0.5, 0.6) is 0 Å². The van der Waals surface area contributed by atoms with Crippen LogP contribution in [0.2, 0.25) is 0 Å². The van der Waals surface area contributed by atoms with Crippen molar-refractivity contribution >= 4 is 0 Å². The van der Waals surface area contributed by atoms with E-state index in [1.807, 2.05) is 0 Å². The normalized spacial score (nSPS) is 13.8. The van der Waals surface area contributed by atoms with Crippen molar-refractivity contribution in [2.75, 3.05) is 26.2 Å². The molecule has 1 saturated carbocycles. The molecule has 1 nitrogen and oxygen atoms in total. The first-order valence-corrected chi connectivity index (χ1v) is 9.41. The van der Waals surface area contributed by atoms with E-state index in [4.69, 9.17) is 0 Å². The third kappa shape index (κ3) is 11.8. The Bertz CT molecular complexity index is 146. The predicted molar refractivity (Wildman–Crippen MR) is 92.9 cm³/mol. The van der Waals surface area contributed by atoms with Gasteiger partial charge in [0.15, 0.2) is 0 Å². The van der Waals surface area contributed by atoms with Crippen molar-refractivity contribution in [1.29, 1.82) is 0 Å². The quantitative estimate of drug-likeness (QED) is 0.386. The second-order valence-electron chi connectivity index (χ2n) is 6.52. The molecular formula is C19H41N+. The summed E-state index contributed by atoms with van der Waals surface area (Å²) in [6.45, 7) is 15.0. The Balaban J connectivity index is 0.00000105. The molecule has 0 aromatic heterocycles. The van der Waals surface area contributed by atoms with Crippen LogP contribution in [0.4, 0.5) is 0 Å². The minimum absolute atomic E-state index is 1.35. The highest BCUT2D eigenvalue weighted by Crippen LogP contribution is 2.16. The third-order valence-electron chi connectivity index (χ3n) is 4.23. The minimum Gasteiger partial charge on any atom is -0.324 e. The molecule has 121 valence electrons. The van der Waals surface area contributed by atoms with Crippen molar-refractivity contribution in [3.63, 3.8) is 0 Å². The molecule has 0 heterocycles. The van der Waals surface area contributed by atoms with Gasteiger partial charge in [-0.15, -0.1) is 0 Å². The van der Waals surface area contributed by atoms with E-state index in [2.05, 4.69) is 34.1 Å². The van der Waals surface area contributed by atoms with E-state index < -0.39 is 0 Å². The summed E-state index contributed by atoms with van der Waals surface area (Å²) in [6, 6.07) is 0. The van der Waals surface area contributed by atoms with Gasteiger partial charge in [0.25, 0.3) is 0 Å². The van der Waals surface area contributed by atoms with Crippen LogP contribution in [0.1, 0.15) is 91.9 Å². The average molecular weight is 284 g/mol. The van der Waals surface area contributed by atoms with E-state index in [1.165, 1.54) is 94.9 Å². The van der Waals surface area contributed by atoms with Crippen LogP contribution in [-0.4, -0.2) is 30.7 Å². The van der Waals surface area contributed by atoms with Crippen LogP contribution in [0, 0.1) is 6.42 Å². The Hall–Kier alpha value is -0.0400. The van der Waals surface area contributed by atoms with Gasteiger partial charge in [-0.3, -0.25) is 0 Å². The maximum absolute atomic E-state index is 2.33. The lowest BCUT2D eigenvalue weighted by atomic mass is 10.1. The molecule has 1 radical (unpaired) electrons. The number of unbranched alkanes of at least 4 members (excludes halogenated alkanes) is 4. The molecule has 1 rings (SSSR count). The number of rotatable bonds is 12.